The molecule has 0 saturated heterocycles. The molecule has 134 valence electrons. The predicted molar refractivity (Wildman–Crippen MR) is 96.7 cm³/mol. The van der Waals surface area contributed by atoms with E-state index in [4.69, 9.17) is 9.88 Å². The smallest absolute Gasteiger partial charge is 0.293 e. The Labute approximate surface area is 149 Å². The fourth-order valence-corrected chi connectivity index (χ4v) is 3.32. The Bertz CT molecular complexity index is 854. The molecule has 0 atom stereocenters. The molecule has 2 aromatic carbocycles. The number of primary sulfonamides is 1. The molecule has 8 nitrogen and oxygen atoms in total. The molecule has 0 aromatic heterocycles. The molecule has 0 aliphatic rings. The van der Waals surface area contributed by atoms with Crippen molar-refractivity contribution in [3.05, 3.63) is 52.6 Å². The number of sulfonamides is 1. The zero-order valence-electron chi connectivity index (χ0n) is 13.3. The average molecular weight is 383 g/mol. The van der Waals surface area contributed by atoms with E-state index in [1.165, 1.54) is 12.1 Å². The largest absolute Gasteiger partial charge is 0.497 e. The van der Waals surface area contributed by atoms with Crippen LogP contribution < -0.4 is 15.2 Å². The summed E-state index contributed by atoms with van der Waals surface area (Å²) in [6, 6.07) is 11.1. The molecule has 0 spiro atoms. The van der Waals surface area contributed by atoms with Crippen LogP contribution in [0.3, 0.4) is 0 Å². The number of thioether (sulfide) groups is 1. The molecule has 0 fully saturated rings. The Balaban J connectivity index is 1.98. The molecule has 25 heavy (non-hydrogen) atoms. The fourth-order valence-electron chi connectivity index (χ4n) is 2.02. The van der Waals surface area contributed by atoms with Gasteiger partial charge in [0, 0.05) is 23.3 Å². The lowest BCUT2D eigenvalue weighted by atomic mass is 10.2. The van der Waals surface area contributed by atoms with E-state index in [9.17, 15) is 18.5 Å². The number of nitro groups is 1. The standard InChI is InChI=1S/C15H17N3O5S2/c1-23-11-2-4-12(5-3-11)24-9-8-17-14-7-6-13(25(16,21)22)10-15(14)18(19)20/h2-7,10,17H,8-9H2,1H3,(H2,16,21,22). The molecule has 0 unspecified atom stereocenters. The van der Waals surface area contributed by atoms with Gasteiger partial charge in [0.1, 0.15) is 11.4 Å². The molecule has 0 bridgehead atoms. The highest BCUT2D eigenvalue weighted by molar-refractivity contribution is 7.99. The Morgan fingerprint density at radius 3 is 2.48 bits per heavy atom. The lowest BCUT2D eigenvalue weighted by Crippen LogP contribution is -2.13. The monoisotopic (exact) mass is 383 g/mol. The van der Waals surface area contributed by atoms with Crippen LogP contribution >= 0.6 is 11.8 Å². The zero-order chi connectivity index (χ0) is 18.4. The fraction of sp³-hybridized carbons (Fsp3) is 0.200. The minimum atomic E-state index is -3.99. The van der Waals surface area contributed by atoms with Crippen LogP contribution in [0, 0.1) is 10.1 Å². The first-order valence-electron chi connectivity index (χ1n) is 7.13. The second-order valence-corrected chi connectivity index (χ2v) is 7.66. The van der Waals surface area contributed by atoms with Crippen molar-refractivity contribution in [2.24, 2.45) is 5.14 Å². The third-order valence-corrected chi connectivity index (χ3v) is 5.16. The predicted octanol–water partition coefficient (Wildman–Crippen LogP) is 2.46. The number of nitrogens with two attached hydrogens (primary N) is 1. The number of ether oxygens (including phenoxy) is 1. The van der Waals surface area contributed by atoms with Gasteiger partial charge in [0.15, 0.2) is 0 Å². The summed E-state index contributed by atoms with van der Waals surface area (Å²) in [5.41, 5.74) is -0.0892. The van der Waals surface area contributed by atoms with Gasteiger partial charge in [-0.1, -0.05) is 0 Å². The number of benzene rings is 2. The van der Waals surface area contributed by atoms with Crippen molar-refractivity contribution in [1.82, 2.24) is 0 Å². The van der Waals surface area contributed by atoms with Gasteiger partial charge in [0.25, 0.3) is 5.69 Å². The van der Waals surface area contributed by atoms with Gasteiger partial charge in [0.05, 0.1) is 16.9 Å². The number of hydrogen-bond donors (Lipinski definition) is 2. The van der Waals surface area contributed by atoms with Crippen molar-refractivity contribution in [2.45, 2.75) is 9.79 Å². The third-order valence-electron chi connectivity index (χ3n) is 3.24. The van der Waals surface area contributed by atoms with E-state index >= 15 is 0 Å². The van der Waals surface area contributed by atoms with Crippen molar-refractivity contribution in [3.8, 4) is 5.75 Å². The maximum atomic E-state index is 11.3. The molecule has 3 N–H and O–H groups in total. The summed E-state index contributed by atoms with van der Waals surface area (Å²) >= 11 is 1.58. The average Bonchev–Trinajstić information content (AvgIpc) is 2.58. The number of nitrogens with zero attached hydrogens (tertiary/aromatic N) is 1. The normalized spacial score (nSPS) is 11.1. The van der Waals surface area contributed by atoms with Crippen LogP contribution in [0.25, 0.3) is 0 Å². The van der Waals surface area contributed by atoms with Crippen molar-refractivity contribution >= 4 is 33.2 Å². The molecular formula is C15H17N3O5S2. The molecule has 0 radical (unpaired) electrons. The Kier molecular flexibility index (Phi) is 6.23. The van der Waals surface area contributed by atoms with Crippen LogP contribution in [0.2, 0.25) is 0 Å². The minimum absolute atomic E-state index is 0.243. The summed E-state index contributed by atoms with van der Waals surface area (Å²) in [6.45, 7) is 0.465. The summed E-state index contributed by atoms with van der Waals surface area (Å²) in [7, 11) is -2.39. The topological polar surface area (TPSA) is 125 Å². The number of methoxy groups -OCH3 is 1. The molecule has 0 aliphatic carbocycles. The molecule has 0 aliphatic heterocycles. The molecular weight excluding hydrogens is 366 g/mol. The SMILES string of the molecule is COc1ccc(SCCNc2ccc(S(N)(=O)=O)cc2[N+](=O)[O-])cc1. The van der Waals surface area contributed by atoms with E-state index in [0.717, 1.165) is 16.7 Å². The Morgan fingerprint density at radius 1 is 1.24 bits per heavy atom. The lowest BCUT2D eigenvalue weighted by Gasteiger charge is -2.08. The summed E-state index contributed by atoms with van der Waals surface area (Å²) in [6.07, 6.45) is 0. The second kappa shape index (κ2) is 8.19. The molecule has 10 heteroatoms. The zero-order valence-corrected chi connectivity index (χ0v) is 15.0. The Morgan fingerprint density at radius 2 is 1.92 bits per heavy atom. The van der Waals surface area contributed by atoms with Crippen molar-refractivity contribution in [2.75, 3.05) is 24.7 Å². The quantitative estimate of drug-likeness (QED) is 0.310. The van der Waals surface area contributed by atoms with E-state index in [1.807, 2.05) is 24.3 Å². The summed E-state index contributed by atoms with van der Waals surface area (Å²) in [4.78, 5) is 11.2. The lowest BCUT2D eigenvalue weighted by molar-refractivity contribution is -0.384. The number of hydrogen-bond acceptors (Lipinski definition) is 7. The van der Waals surface area contributed by atoms with E-state index in [0.29, 0.717) is 12.3 Å². The van der Waals surface area contributed by atoms with Gasteiger partial charge < -0.3 is 10.1 Å². The maximum absolute atomic E-state index is 11.3. The van der Waals surface area contributed by atoms with Gasteiger partial charge in [-0.3, -0.25) is 10.1 Å². The van der Waals surface area contributed by atoms with Gasteiger partial charge >= 0.3 is 0 Å². The van der Waals surface area contributed by atoms with Crippen LogP contribution in [0.1, 0.15) is 0 Å². The highest BCUT2D eigenvalue weighted by atomic mass is 32.2. The number of rotatable bonds is 8. The minimum Gasteiger partial charge on any atom is -0.497 e. The molecule has 0 saturated carbocycles. The summed E-state index contributed by atoms with van der Waals surface area (Å²) in [5, 5.41) is 19.1. The highest BCUT2D eigenvalue weighted by Gasteiger charge is 2.18. The van der Waals surface area contributed by atoms with Gasteiger partial charge in [-0.15, -0.1) is 11.8 Å². The van der Waals surface area contributed by atoms with Gasteiger partial charge in [-0.2, -0.15) is 0 Å². The van der Waals surface area contributed by atoms with Gasteiger partial charge in [-0.05, 0) is 36.4 Å². The molecule has 2 rings (SSSR count). The third kappa shape index (κ3) is 5.34. The van der Waals surface area contributed by atoms with E-state index in [-0.39, 0.29) is 16.3 Å². The molecule has 2 aromatic rings. The molecule has 0 amide bonds. The summed E-state index contributed by atoms with van der Waals surface area (Å²) < 4.78 is 27.7. The maximum Gasteiger partial charge on any atom is 0.293 e. The number of nitrogens with one attached hydrogen (secondary N) is 1. The second-order valence-electron chi connectivity index (χ2n) is 4.93. The van der Waals surface area contributed by atoms with Crippen molar-refractivity contribution in [3.63, 3.8) is 0 Å². The first-order chi connectivity index (χ1) is 11.8. The summed E-state index contributed by atoms with van der Waals surface area (Å²) in [5.74, 6) is 1.44. The van der Waals surface area contributed by atoms with Crippen molar-refractivity contribution in [1.29, 1.82) is 0 Å². The van der Waals surface area contributed by atoms with Crippen molar-refractivity contribution < 1.29 is 18.1 Å². The first kappa shape index (κ1) is 19.0. The first-order valence-corrected chi connectivity index (χ1v) is 9.66. The van der Waals surface area contributed by atoms with Crippen LogP contribution in [-0.4, -0.2) is 32.7 Å². The van der Waals surface area contributed by atoms with Crippen LogP contribution in [0.5, 0.6) is 5.75 Å². The van der Waals surface area contributed by atoms with E-state index < -0.39 is 14.9 Å². The van der Waals surface area contributed by atoms with Crippen LogP contribution in [0.4, 0.5) is 11.4 Å². The van der Waals surface area contributed by atoms with E-state index in [2.05, 4.69) is 5.32 Å². The van der Waals surface area contributed by atoms with Crippen LogP contribution in [-0.2, 0) is 10.0 Å². The van der Waals surface area contributed by atoms with Gasteiger partial charge in [-0.25, -0.2) is 13.6 Å². The van der Waals surface area contributed by atoms with E-state index in [1.54, 1.807) is 18.9 Å². The highest BCUT2D eigenvalue weighted by Crippen LogP contribution is 2.27. The number of nitro benzene ring substituents is 1. The van der Waals surface area contributed by atoms with Gasteiger partial charge in [0.2, 0.25) is 10.0 Å². The molecule has 0 heterocycles. The number of anilines is 1. The van der Waals surface area contributed by atoms with Crippen LogP contribution in [0.15, 0.2) is 52.3 Å². The Hall–Kier alpha value is -2.30.